The fourth-order valence-corrected chi connectivity index (χ4v) is 4.87. The molecule has 0 amide bonds. The second kappa shape index (κ2) is 7.67. The van der Waals surface area contributed by atoms with Crippen molar-refractivity contribution in [1.29, 1.82) is 0 Å². The van der Waals surface area contributed by atoms with Crippen molar-refractivity contribution in [2.45, 2.75) is 52.2 Å². The van der Waals surface area contributed by atoms with Crippen LogP contribution in [0.5, 0.6) is 0 Å². The zero-order chi connectivity index (χ0) is 20.6. The normalized spacial score (nSPS) is 18.1. The molecule has 0 radical (unpaired) electrons. The molecule has 152 valence electrons. The van der Waals surface area contributed by atoms with E-state index in [1.165, 1.54) is 10.4 Å². The van der Waals surface area contributed by atoms with Crippen molar-refractivity contribution in [2.24, 2.45) is 0 Å². The van der Waals surface area contributed by atoms with Gasteiger partial charge in [-0.3, -0.25) is 4.79 Å². The van der Waals surface area contributed by atoms with Crippen molar-refractivity contribution in [2.75, 3.05) is 12.8 Å². The van der Waals surface area contributed by atoms with Crippen LogP contribution in [0.3, 0.4) is 0 Å². The summed E-state index contributed by atoms with van der Waals surface area (Å²) >= 11 is 0. The van der Waals surface area contributed by atoms with Crippen LogP contribution in [0.1, 0.15) is 49.3 Å². The molecule has 1 saturated heterocycles. The SMILES string of the molecule is Cc1cc2oc(=O)cc(COC(=O)[C@H]3CCCN3S(C)(=O)=O)c2cc1C(C)C. The van der Waals surface area contributed by atoms with E-state index in [1.807, 2.05) is 19.1 Å². The van der Waals surface area contributed by atoms with Gasteiger partial charge in [-0.2, -0.15) is 4.31 Å². The minimum atomic E-state index is -3.47. The van der Waals surface area contributed by atoms with Crippen molar-refractivity contribution in [3.8, 4) is 0 Å². The molecule has 0 saturated carbocycles. The van der Waals surface area contributed by atoms with E-state index in [4.69, 9.17) is 9.15 Å². The van der Waals surface area contributed by atoms with Crippen LogP contribution in [0.2, 0.25) is 0 Å². The Morgan fingerprint density at radius 2 is 2.04 bits per heavy atom. The van der Waals surface area contributed by atoms with Crippen molar-refractivity contribution < 1.29 is 22.4 Å². The zero-order valence-electron chi connectivity index (χ0n) is 16.5. The number of hydrogen-bond donors (Lipinski definition) is 0. The molecule has 1 aromatic heterocycles. The lowest BCUT2D eigenvalue weighted by Crippen LogP contribution is -2.40. The van der Waals surface area contributed by atoms with Crippen LogP contribution in [0.4, 0.5) is 0 Å². The van der Waals surface area contributed by atoms with Gasteiger partial charge in [-0.1, -0.05) is 13.8 Å². The zero-order valence-corrected chi connectivity index (χ0v) is 17.3. The van der Waals surface area contributed by atoms with Gasteiger partial charge in [0.25, 0.3) is 0 Å². The average molecular weight is 407 g/mol. The van der Waals surface area contributed by atoms with Crippen molar-refractivity contribution in [3.63, 3.8) is 0 Å². The van der Waals surface area contributed by atoms with Gasteiger partial charge >= 0.3 is 11.6 Å². The van der Waals surface area contributed by atoms with Gasteiger partial charge in [0.05, 0.1) is 6.26 Å². The highest BCUT2D eigenvalue weighted by molar-refractivity contribution is 7.88. The number of aryl methyl sites for hydroxylation is 1. The highest BCUT2D eigenvalue weighted by Gasteiger charge is 2.37. The summed E-state index contributed by atoms with van der Waals surface area (Å²) in [5.41, 5.74) is 2.61. The van der Waals surface area contributed by atoms with E-state index in [0.29, 0.717) is 35.9 Å². The highest BCUT2D eigenvalue weighted by atomic mass is 32.2. The summed E-state index contributed by atoms with van der Waals surface area (Å²) in [5.74, 6) is -0.311. The van der Waals surface area contributed by atoms with Crippen LogP contribution in [-0.4, -0.2) is 37.5 Å². The molecular formula is C20H25NO6S. The topological polar surface area (TPSA) is 93.9 Å². The Morgan fingerprint density at radius 3 is 2.68 bits per heavy atom. The standard InChI is InChI=1S/C20H25NO6S/c1-12(2)15-10-16-14(9-19(22)27-18(16)8-13(15)3)11-26-20(23)17-6-5-7-21(17)28(4,24)25/h8-10,12,17H,5-7,11H2,1-4H3/t17-/m1/s1. The highest BCUT2D eigenvalue weighted by Crippen LogP contribution is 2.28. The predicted octanol–water partition coefficient (Wildman–Crippen LogP) is 2.69. The number of carbonyl (C=O) groups excluding carboxylic acids is 1. The number of nitrogens with zero attached hydrogens (tertiary/aromatic N) is 1. The van der Waals surface area contributed by atoms with Gasteiger partial charge in [0.2, 0.25) is 10.0 Å². The second-order valence-corrected chi connectivity index (χ2v) is 9.52. The fraction of sp³-hybridized carbons (Fsp3) is 0.500. The van der Waals surface area contributed by atoms with E-state index in [-0.39, 0.29) is 12.5 Å². The van der Waals surface area contributed by atoms with E-state index in [1.54, 1.807) is 0 Å². The number of sulfonamides is 1. The minimum absolute atomic E-state index is 0.115. The van der Waals surface area contributed by atoms with E-state index >= 15 is 0 Å². The molecule has 1 aliphatic rings. The third-order valence-corrected chi connectivity index (χ3v) is 6.40. The van der Waals surface area contributed by atoms with E-state index in [0.717, 1.165) is 17.4 Å². The van der Waals surface area contributed by atoms with Gasteiger partial charge in [0, 0.05) is 23.6 Å². The first-order valence-electron chi connectivity index (χ1n) is 9.28. The maximum Gasteiger partial charge on any atom is 0.336 e. The Balaban J connectivity index is 1.89. The van der Waals surface area contributed by atoms with Crippen molar-refractivity contribution >= 4 is 27.0 Å². The number of fused-ring (bicyclic) bond motifs is 1. The summed E-state index contributed by atoms with van der Waals surface area (Å²) in [7, 11) is -3.47. The fourth-order valence-electron chi connectivity index (χ4n) is 3.75. The predicted molar refractivity (Wildman–Crippen MR) is 106 cm³/mol. The Labute approximate surface area is 164 Å². The van der Waals surface area contributed by atoms with Crippen molar-refractivity contribution in [3.05, 3.63) is 45.3 Å². The molecule has 1 fully saturated rings. The van der Waals surface area contributed by atoms with Crippen LogP contribution < -0.4 is 5.63 Å². The number of benzene rings is 1. The summed E-state index contributed by atoms with van der Waals surface area (Å²) in [6.45, 7) is 6.31. The van der Waals surface area contributed by atoms with Gasteiger partial charge in [-0.25, -0.2) is 13.2 Å². The first-order valence-corrected chi connectivity index (χ1v) is 11.1. The summed E-state index contributed by atoms with van der Waals surface area (Å²) in [6, 6.07) is 4.28. The quantitative estimate of drug-likeness (QED) is 0.559. The molecule has 2 aromatic rings. The lowest BCUT2D eigenvalue weighted by molar-refractivity contribution is -0.148. The maximum absolute atomic E-state index is 12.5. The van der Waals surface area contributed by atoms with E-state index < -0.39 is 27.7 Å². The second-order valence-electron chi connectivity index (χ2n) is 7.59. The molecule has 0 bridgehead atoms. The molecule has 1 aliphatic heterocycles. The Kier molecular flexibility index (Phi) is 5.63. The lowest BCUT2D eigenvalue weighted by atomic mass is 9.95. The smallest absolute Gasteiger partial charge is 0.336 e. The molecule has 7 nitrogen and oxygen atoms in total. The maximum atomic E-state index is 12.5. The number of rotatable bonds is 5. The molecule has 28 heavy (non-hydrogen) atoms. The monoisotopic (exact) mass is 407 g/mol. The number of ether oxygens (including phenoxy) is 1. The van der Waals surface area contributed by atoms with Gasteiger partial charge in [0.15, 0.2) is 0 Å². The molecule has 1 atom stereocenters. The molecule has 3 rings (SSSR count). The minimum Gasteiger partial charge on any atom is -0.460 e. The number of hydrogen-bond acceptors (Lipinski definition) is 6. The van der Waals surface area contributed by atoms with E-state index in [2.05, 4.69) is 13.8 Å². The van der Waals surface area contributed by atoms with Gasteiger partial charge < -0.3 is 9.15 Å². The largest absolute Gasteiger partial charge is 0.460 e. The molecule has 8 heteroatoms. The lowest BCUT2D eigenvalue weighted by Gasteiger charge is -2.20. The van der Waals surface area contributed by atoms with E-state index in [9.17, 15) is 18.0 Å². The van der Waals surface area contributed by atoms with Crippen molar-refractivity contribution in [1.82, 2.24) is 4.31 Å². The van der Waals surface area contributed by atoms with Crippen LogP contribution in [0.25, 0.3) is 11.0 Å². The number of esters is 1. The van der Waals surface area contributed by atoms with Crippen LogP contribution in [0.15, 0.2) is 27.4 Å². The molecule has 2 heterocycles. The Hall–Kier alpha value is -2.19. The number of carbonyl (C=O) groups is 1. The van der Waals surface area contributed by atoms with Gasteiger partial charge in [0.1, 0.15) is 18.2 Å². The van der Waals surface area contributed by atoms with Crippen LogP contribution in [0, 0.1) is 6.92 Å². The molecule has 0 spiro atoms. The molecular weight excluding hydrogens is 382 g/mol. The summed E-state index contributed by atoms with van der Waals surface area (Å²) in [6.07, 6.45) is 2.13. The molecule has 0 aliphatic carbocycles. The molecule has 0 unspecified atom stereocenters. The molecule has 0 N–H and O–H groups in total. The summed E-state index contributed by atoms with van der Waals surface area (Å²) < 4.78 is 35.6. The summed E-state index contributed by atoms with van der Waals surface area (Å²) in [5, 5.41) is 0.716. The van der Waals surface area contributed by atoms with Crippen LogP contribution in [-0.2, 0) is 26.2 Å². The first kappa shape index (κ1) is 20.5. The van der Waals surface area contributed by atoms with Gasteiger partial charge in [-0.05, 0) is 48.9 Å². The Morgan fingerprint density at radius 1 is 1.32 bits per heavy atom. The first-order chi connectivity index (χ1) is 13.1. The Bertz CT molecular complexity index is 1070. The van der Waals surface area contributed by atoms with Crippen LogP contribution >= 0.6 is 0 Å². The third-order valence-electron chi connectivity index (χ3n) is 5.11. The average Bonchev–Trinajstić information content (AvgIpc) is 3.08. The summed E-state index contributed by atoms with van der Waals surface area (Å²) in [4.78, 5) is 24.4. The van der Waals surface area contributed by atoms with Gasteiger partial charge in [-0.15, -0.1) is 0 Å². The molecule has 1 aromatic carbocycles. The third kappa shape index (κ3) is 4.12.